The number of amides is 2. The van der Waals surface area contributed by atoms with E-state index in [1.54, 1.807) is 17.5 Å². The Morgan fingerprint density at radius 1 is 1.35 bits per heavy atom. The van der Waals surface area contributed by atoms with Crippen molar-refractivity contribution in [2.75, 3.05) is 20.3 Å². The van der Waals surface area contributed by atoms with Gasteiger partial charge in [0.2, 0.25) is 5.91 Å². The molecule has 9 heteroatoms. The summed E-state index contributed by atoms with van der Waals surface area (Å²) in [6.45, 7) is -0.421. The molecule has 0 aromatic carbocycles. The van der Waals surface area contributed by atoms with E-state index in [0.29, 0.717) is 9.78 Å². The van der Waals surface area contributed by atoms with Crippen molar-refractivity contribution in [2.45, 2.75) is 50.4 Å². The summed E-state index contributed by atoms with van der Waals surface area (Å²) in [5.74, 6) is -2.61. The topological polar surface area (TPSA) is 58.6 Å². The molecule has 0 radical (unpaired) electrons. The number of alkyl halides is 3. The Morgan fingerprint density at radius 2 is 2.04 bits per heavy atom. The first-order valence-corrected chi connectivity index (χ1v) is 9.43. The van der Waals surface area contributed by atoms with Crippen molar-refractivity contribution in [3.8, 4) is 0 Å². The van der Waals surface area contributed by atoms with Gasteiger partial charge in [-0.25, -0.2) is 0 Å². The number of methoxy groups -OCH3 is 1. The van der Waals surface area contributed by atoms with Crippen LogP contribution in [0.25, 0.3) is 0 Å². The molecule has 146 valence electrons. The predicted octanol–water partition coefficient (Wildman–Crippen LogP) is 3.28. The molecule has 1 heterocycles. The van der Waals surface area contributed by atoms with E-state index in [4.69, 9.17) is 4.74 Å². The zero-order valence-corrected chi connectivity index (χ0v) is 15.4. The highest BCUT2D eigenvalue weighted by Crippen LogP contribution is 2.30. The standard InChI is InChI=1S/C17H23F3N2O3S/c1-25-10-9-22(16(24)17(18,19)20)14(13-8-5-11-26-13)15(23)21-12-6-3-2-4-7-12/h5,8,11-12,14H,2-4,6-7,9-10H2,1H3,(H,21,23)/t14-/m1/s1. The molecule has 5 nitrogen and oxygen atoms in total. The van der Waals surface area contributed by atoms with E-state index in [1.165, 1.54) is 7.11 Å². The van der Waals surface area contributed by atoms with Gasteiger partial charge in [0.05, 0.1) is 6.61 Å². The highest BCUT2D eigenvalue weighted by molar-refractivity contribution is 7.10. The molecule has 2 rings (SSSR count). The summed E-state index contributed by atoms with van der Waals surface area (Å²) in [5.41, 5.74) is 0. The third kappa shape index (κ3) is 5.44. The summed E-state index contributed by atoms with van der Waals surface area (Å²) >= 11 is 1.15. The van der Waals surface area contributed by atoms with Crippen LogP contribution in [0.15, 0.2) is 17.5 Å². The number of thiophene rings is 1. The maximum atomic E-state index is 13.1. The van der Waals surface area contributed by atoms with E-state index in [-0.39, 0.29) is 19.2 Å². The summed E-state index contributed by atoms with van der Waals surface area (Å²) in [5, 5.41) is 4.51. The quantitative estimate of drug-likeness (QED) is 0.775. The average molecular weight is 392 g/mol. The van der Waals surface area contributed by atoms with Gasteiger partial charge in [0.15, 0.2) is 0 Å². The van der Waals surface area contributed by atoms with Crippen LogP contribution in [0.2, 0.25) is 0 Å². The molecule has 1 aromatic rings. The lowest BCUT2D eigenvalue weighted by Gasteiger charge is -2.32. The van der Waals surface area contributed by atoms with Gasteiger partial charge in [-0.1, -0.05) is 25.3 Å². The van der Waals surface area contributed by atoms with Gasteiger partial charge in [-0.05, 0) is 24.3 Å². The lowest BCUT2D eigenvalue weighted by Crippen LogP contribution is -2.51. The number of rotatable bonds is 7. The van der Waals surface area contributed by atoms with Crippen molar-refractivity contribution in [3.63, 3.8) is 0 Å². The Bertz CT molecular complexity index is 587. The van der Waals surface area contributed by atoms with Crippen LogP contribution in [0.5, 0.6) is 0 Å². The molecule has 1 N–H and O–H groups in total. The average Bonchev–Trinajstić information content (AvgIpc) is 3.11. The summed E-state index contributed by atoms with van der Waals surface area (Å²) in [4.78, 5) is 25.8. The highest BCUT2D eigenvalue weighted by Gasteiger charge is 2.46. The second-order valence-corrected chi connectivity index (χ2v) is 7.23. The van der Waals surface area contributed by atoms with E-state index in [0.717, 1.165) is 43.4 Å². The number of hydrogen-bond donors (Lipinski definition) is 1. The molecule has 1 saturated carbocycles. The molecule has 1 aromatic heterocycles. The number of hydrogen-bond acceptors (Lipinski definition) is 4. The van der Waals surface area contributed by atoms with Crippen LogP contribution in [0.3, 0.4) is 0 Å². The van der Waals surface area contributed by atoms with Crippen molar-refractivity contribution >= 4 is 23.2 Å². The molecule has 1 aliphatic rings. The van der Waals surface area contributed by atoms with Gasteiger partial charge >= 0.3 is 12.1 Å². The minimum Gasteiger partial charge on any atom is -0.383 e. The lowest BCUT2D eigenvalue weighted by atomic mass is 9.95. The van der Waals surface area contributed by atoms with Gasteiger partial charge in [0.1, 0.15) is 6.04 Å². The van der Waals surface area contributed by atoms with Crippen LogP contribution in [-0.2, 0) is 14.3 Å². The fourth-order valence-electron chi connectivity index (χ4n) is 3.10. The van der Waals surface area contributed by atoms with E-state index in [2.05, 4.69) is 5.32 Å². The molecule has 0 bridgehead atoms. The molecular formula is C17H23F3N2O3S. The summed E-state index contributed by atoms with van der Waals surface area (Å²) in [7, 11) is 1.33. The summed E-state index contributed by atoms with van der Waals surface area (Å²) in [6.07, 6.45) is -0.420. The van der Waals surface area contributed by atoms with E-state index in [1.807, 2.05) is 0 Å². The van der Waals surface area contributed by atoms with Gasteiger partial charge in [-0.3, -0.25) is 9.59 Å². The first-order valence-electron chi connectivity index (χ1n) is 8.55. The molecule has 1 aliphatic carbocycles. The monoisotopic (exact) mass is 392 g/mol. The van der Waals surface area contributed by atoms with Crippen LogP contribution in [0.1, 0.15) is 43.0 Å². The predicted molar refractivity (Wildman–Crippen MR) is 91.7 cm³/mol. The van der Waals surface area contributed by atoms with Gasteiger partial charge in [0, 0.05) is 24.6 Å². The fraction of sp³-hybridized carbons (Fsp3) is 0.647. The van der Waals surface area contributed by atoms with Crippen molar-refractivity contribution in [1.29, 1.82) is 0 Å². The largest absolute Gasteiger partial charge is 0.471 e. The van der Waals surface area contributed by atoms with Crippen LogP contribution in [0, 0.1) is 0 Å². The molecular weight excluding hydrogens is 369 g/mol. The number of ether oxygens (including phenoxy) is 1. The number of nitrogens with one attached hydrogen (secondary N) is 1. The minimum absolute atomic E-state index is 0.0658. The third-order valence-electron chi connectivity index (χ3n) is 4.36. The third-order valence-corrected chi connectivity index (χ3v) is 5.29. The SMILES string of the molecule is COCCN(C(=O)C(F)(F)F)[C@@H](C(=O)NC1CCCCC1)c1cccs1. The van der Waals surface area contributed by atoms with Crippen molar-refractivity contribution in [2.24, 2.45) is 0 Å². The van der Waals surface area contributed by atoms with Gasteiger partial charge in [-0.2, -0.15) is 13.2 Å². The van der Waals surface area contributed by atoms with Gasteiger partial charge in [-0.15, -0.1) is 11.3 Å². The Morgan fingerprint density at radius 3 is 2.58 bits per heavy atom. The van der Waals surface area contributed by atoms with Crippen molar-refractivity contribution in [3.05, 3.63) is 22.4 Å². The number of carbonyl (C=O) groups excluding carboxylic acids is 2. The Labute approximate surface area is 154 Å². The zero-order chi connectivity index (χ0) is 19.2. The Kier molecular flexibility index (Phi) is 7.45. The molecule has 1 fully saturated rings. The molecule has 0 saturated heterocycles. The lowest BCUT2D eigenvalue weighted by molar-refractivity contribution is -0.189. The Hall–Kier alpha value is -1.61. The first kappa shape index (κ1) is 20.7. The minimum atomic E-state index is -5.06. The number of halogens is 3. The second-order valence-electron chi connectivity index (χ2n) is 6.25. The van der Waals surface area contributed by atoms with Crippen molar-refractivity contribution < 1.29 is 27.5 Å². The highest BCUT2D eigenvalue weighted by atomic mass is 32.1. The second kappa shape index (κ2) is 9.36. The smallest absolute Gasteiger partial charge is 0.383 e. The van der Waals surface area contributed by atoms with E-state index in [9.17, 15) is 22.8 Å². The van der Waals surface area contributed by atoms with Crippen LogP contribution >= 0.6 is 11.3 Å². The molecule has 1 atom stereocenters. The molecule has 0 unspecified atom stereocenters. The molecule has 0 aliphatic heterocycles. The Balaban J connectivity index is 2.27. The fourth-order valence-corrected chi connectivity index (χ4v) is 3.93. The van der Waals surface area contributed by atoms with Crippen molar-refractivity contribution in [1.82, 2.24) is 10.2 Å². The van der Waals surface area contributed by atoms with Crippen LogP contribution in [-0.4, -0.2) is 49.2 Å². The molecule has 0 spiro atoms. The molecule has 26 heavy (non-hydrogen) atoms. The summed E-state index contributed by atoms with van der Waals surface area (Å²) in [6, 6.07) is 1.83. The van der Waals surface area contributed by atoms with E-state index >= 15 is 0 Å². The van der Waals surface area contributed by atoms with Gasteiger partial charge < -0.3 is 15.0 Å². The van der Waals surface area contributed by atoms with Crippen LogP contribution < -0.4 is 5.32 Å². The van der Waals surface area contributed by atoms with Gasteiger partial charge in [0.25, 0.3) is 0 Å². The maximum Gasteiger partial charge on any atom is 0.471 e. The maximum absolute atomic E-state index is 13.1. The normalized spacial score (nSPS) is 16.9. The zero-order valence-electron chi connectivity index (χ0n) is 14.6. The summed E-state index contributed by atoms with van der Waals surface area (Å²) < 4.78 is 44.1. The van der Waals surface area contributed by atoms with E-state index < -0.39 is 24.0 Å². The molecule has 2 amide bonds. The number of carbonyl (C=O) groups is 2. The number of nitrogens with zero attached hydrogens (tertiary/aromatic N) is 1. The first-order chi connectivity index (χ1) is 12.3. The van der Waals surface area contributed by atoms with Crippen LogP contribution in [0.4, 0.5) is 13.2 Å².